The Morgan fingerprint density at radius 3 is 2.12 bits per heavy atom. The van der Waals surface area contributed by atoms with Crippen molar-refractivity contribution >= 4 is 39.3 Å². The Hall–Kier alpha value is -5.18. The summed E-state index contributed by atoms with van der Waals surface area (Å²) in [6.45, 7) is 7.61. The molecule has 0 amide bonds. The SMILES string of the molecule is [C-]#[N+]c1ccc2c(c1)c1ccccc1n2-c1cccc2c1Sc1ccccc1C21c2cccnc2-c2ncccc21. The molecule has 0 fully saturated rings. The van der Waals surface area contributed by atoms with Crippen molar-refractivity contribution in [3.63, 3.8) is 0 Å². The van der Waals surface area contributed by atoms with E-state index in [2.05, 4.69) is 94.3 Å². The molecule has 0 bridgehead atoms. The zero-order valence-electron chi connectivity index (χ0n) is 21.7. The Labute approximate surface area is 240 Å². The van der Waals surface area contributed by atoms with Crippen molar-refractivity contribution in [3.8, 4) is 17.1 Å². The lowest BCUT2D eigenvalue weighted by Gasteiger charge is -2.40. The normalized spacial score (nSPS) is 13.9. The lowest BCUT2D eigenvalue weighted by molar-refractivity contribution is 0.717. The number of rotatable bonds is 1. The molecule has 9 rings (SSSR count). The van der Waals surface area contributed by atoms with Crippen molar-refractivity contribution < 1.29 is 0 Å². The van der Waals surface area contributed by atoms with Crippen molar-refractivity contribution in [3.05, 3.63) is 155 Å². The van der Waals surface area contributed by atoms with Gasteiger partial charge in [-0.3, -0.25) is 9.97 Å². The van der Waals surface area contributed by atoms with Crippen LogP contribution in [0.15, 0.2) is 131 Å². The van der Waals surface area contributed by atoms with Crippen LogP contribution in [0.5, 0.6) is 0 Å². The largest absolute Gasteiger partial charge is 0.308 e. The van der Waals surface area contributed by atoms with Crippen LogP contribution in [0.4, 0.5) is 5.69 Å². The van der Waals surface area contributed by atoms with Gasteiger partial charge in [0, 0.05) is 27.6 Å². The summed E-state index contributed by atoms with van der Waals surface area (Å²) in [5, 5.41) is 2.24. The second-order valence-corrected chi connectivity index (χ2v) is 11.5. The zero-order chi connectivity index (χ0) is 27.1. The highest BCUT2D eigenvalue weighted by Gasteiger charge is 2.51. The Morgan fingerprint density at radius 2 is 1.32 bits per heavy atom. The highest BCUT2D eigenvalue weighted by molar-refractivity contribution is 7.99. The maximum atomic E-state index is 7.61. The fourth-order valence-corrected chi connectivity index (χ4v) is 8.33. The average Bonchev–Trinajstić information content (AvgIpc) is 3.52. The van der Waals surface area contributed by atoms with E-state index in [-0.39, 0.29) is 0 Å². The van der Waals surface area contributed by atoms with Gasteiger partial charge in [0.15, 0.2) is 5.69 Å². The number of nitrogens with zero attached hydrogens (tertiary/aromatic N) is 4. The molecule has 2 aliphatic rings. The van der Waals surface area contributed by atoms with E-state index < -0.39 is 5.41 Å². The minimum absolute atomic E-state index is 0.531. The molecule has 0 N–H and O–H groups in total. The van der Waals surface area contributed by atoms with E-state index >= 15 is 0 Å². The van der Waals surface area contributed by atoms with E-state index in [1.165, 1.54) is 32.0 Å². The quantitative estimate of drug-likeness (QED) is 0.195. The van der Waals surface area contributed by atoms with Crippen molar-refractivity contribution in [2.24, 2.45) is 0 Å². The summed E-state index contributed by atoms with van der Waals surface area (Å²) in [5.41, 5.74) is 10.2. The van der Waals surface area contributed by atoms with E-state index in [1.807, 2.05) is 48.4 Å². The number of benzene rings is 4. The molecule has 7 aromatic rings. The molecular weight excluding hydrogens is 520 g/mol. The van der Waals surface area contributed by atoms with E-state index in [4.69, 9.17) is 16.5 Å². The highest BCUT2D eigenvalue weighted by Crippen LogP contribution is 2.62. The van der Waals surface area contributed by atoms with Gasteiger partial charge >= 0.3 is 0 Å². The fraction of sp³-hybridized carbons (Fsp3) is 0.0278. The number of aromatic nitrogens is 3. The van der Waals surface area contributed by atoms with Gasteiger partial charge in [0.2, 0.25) is 0 Å². The van der Waals surface area contributed by atoms with Crippen LogP contribution in [-0.2, 0) is 5.41 Å². The maximum Gasteiger partial charge on any atom is 0.188 e. The van der Waals surface area contributed by atoms with Crippen molar-refractivity contribution in [1.29, 1.82) is 0 Å². The van der Waals surface area contributed by atoms with Crippen LogP contribution in [-0.4, -0.2) is 14.5 Å². The first-order valence-electron chi connectivity index (χ1n) is 13.5. The lowest BCUT2D eigenvalue weighted by Crippen LogP contribution is -2.32. The molecule has 0 unspecified atom stereocenters. The van der Waals surface area contributed by atoms with Crippen LogP contribution in [0.25, 0.3) is 43.7 Å². The molecule has 1 spiro atoms. The molecule has 0 radical (unpaired) electrons. The van der Waals surface area contributed by atoms with Gasteiger partial charge in [0.25, 0.3) is 0 Å². The molecule has 0 saturated heterocycles. The van der Waals surface area contributed by atoms with Crippen LogP contribution in [0, 0.1) is 6.57 Å². The fourth-order valence-electron chi connectivity index (χ4n) is 7.03. The molecule has 0 atom stereocenters. The third-order valence-corrected chi connectivity index (χ3v) is 9.78. The molecule has 0 saturated carbocycles. The van der Waals surface area contributed by atoms with Gasteiger partial charge in [-0.15, -0.1) is 0 Å². The standard InChI is InChI=1S/C36H20N4S/c1-37-22-17-18-30-24(21-22)23-9-2-4-14-29(23)40(30)31-15-6-11-28-35(31)41-32-16-5-3-10-25(32)36(28)26-12-7-19-38-33(26)34-27(36)13-8-20-39-34/h2-21H. The summed E-state index contributed by atoms with van der Waals surface area (Å²) in [6, 6.07) is 38.5. The van der Waals surface area contributed by atoms with Gasteiger partial charge in [-0.25, -0.2) is 4.85 Å². The van der Waals surface area contributed by atoms with Gasteiger partial charge in [-0.05, 0) is 70.1 Å². The second-order valence-electron chi connectivity index (χ2n) is 10.5. The molecule has 41 heavy (non-hydrogen) atoms. The van der Waals surface area contributed by atoms with Crippen LogP contribution in [0.2, 0.25) is 0 Å². The Balaban J connectivity index is 1.44. The topological polar surface area (TPSA) is 35.1 Å². The minimum atomic E-state index is -0.531. The zero-order valence-corrected chi connectivity index (χ0v) is 22.6. The second kappa shape index (κ2) is 8.17. The third-order valence-electron chi connectivity index (χ3n) is 8.58. The summed E-state index contributed by atoms with van der Waals surface area (Å²) >= 11 is 1.83. The van der Waals surface area contributed by atoms with Gasteiger partial charge in [-0.1, -0.05) is 78.5 Å². The summed E-state index contributed by atoms with van der Waals surface area (Å²) in [4.78, 5) is 15.9. The average molecular weight is 541 g/mol. The minimum Gasteiger partial charge on any atom is -0.308 e. The molecule has 190 valence electrons. The van der Waals surface area contributed by atoms with Crippen molar-refractivity contribution in [1.82, 2.24) is 14.5 Å². The van der Waals surface area contributed by atoms with Crippen LogP contribution in [0.3, 0.4) is 0 Å². The van der Waals surface area contributed by atoms with Crippen molar-refractivity contribution in [2.75, 3.05) is 0 Å². The van der Waals surface area contributed by atoms with Crippen molar-refractivity contribution in [2.45, 2.75) is 15.2 Å². The van der Waals surface area contributed by atoms with E-state index in [1.54, 1.807) is 0 Å². The van der Waals surface area contributed by atoms with Crippen LogP contribution in [0.1, 0.15) is 22.3 Å². The molecular formula is C36H20N4S. The lowest BCUT2D eigenvalue weighted by atomic mass is 9.67. The summed E-state index contributed by atoms with van der Waals surface area (Å²) in [7, 11) is 0. The monoisotopic (exact) mass is 540 g/mol. The first kappa shape index (κ1) is 22.6. The Bertz CT molecular complexity index is 2230. The number of fused-ring (bicyclic) bond motifs is 12. The summed E-state index contributed by atoms with van der Waals surface area (Å²) in [5.74, 6) is 0. The van der Waals surface area contributed by atoms with E-state index in [0.29, 0.717) is 5.69 Å². The smallest absolute Gasteiger partial charge is 0.188 e. The number of hydrogen-bond donors (Lipinski definition) is 0. The van der Waals surface area contributed by atoms with Gasteiger partial charge in [0.05, 0.1) is 40.1 Å². The first-order valence-corrected chi connectivity index (χ1v) is 14.4. The molecule has 1 aliphatic heterocycles. The molecule has 4 aromatic carbocycles. The maximum absolute atomic E-state index is 7.61. The number of para-hydroxylation sites is 1. The number of hydrogen-bond acceptors (Lipinski definition) is 3. The molecule has 5 heteroatoms. The van der Waals surface area contributed by atoms with E-state index in [9.17, 15) is 0 Å². The molecule has 3 aromatic heterocycles. The summed E-state index contributed by atoms with van der Waals surface area (Å²) in [6.07, 6.45) is 3.74. The molecule has 4 heterocycles. The predicted molar refractivity (Wildman–Crippen MR) is 164 cm³/mol. The van der Waals surface area contributed by atoms with Gasteiger partial charge < -0.3 is 4.57 Å². The molecule has 1 aliphatic carbocycles. The Morgan fingerprint density at radius 1 is 0.634 bits per heavy atom. The van der Waals surface area contributed by atoms with Gasteiger partial charge in [0.1, 0.15) is 0 Å². The van der Waals surface area contributed by atoms with Gasteiger partial charge in [-0.2, -0.15) is 0 Å². The van der Waals surface area contributed by atoms with Crippen LogP contribution < -0.4 is 0 Å². The third kappa shape index (κ3) is 2.80. The Kier molecular flexibility index (Phi) is 4.51. The summed E-state index contributed by atoms with van der Waals surface area (Å²) < 4.78 is 2.37. The van der Waals surface area contributed by atoms with E-state index in [0.717, 1.165) is 38.9 Å². The van der Waals surface area contributed by atoms with Crippen LogP contribution >= 0.6 is 11.8 Å². The predicted octanol–water partition coefficient (Wildman–Crippen LogP) is 8.95. The number of pyridine rings is 2. The molecule has 4 nitrogen and oxygen atoms in total. The first-order chi connectivity index (χ1) is 20.3. The highest BCUT2D eigenvalue weighted by atomic mass is 32.2.